The van der Waals surface area contributed by atoms with Crippen LogP contribution in [-0.4, -0.2) is 23.1 Å². The largest absolute Gasteiger partial charge is 0.356 e. The third kappa shape index (κ3) is 4.47. The Hall–Kier alpha value is -0.640. The predicted molar refractivity (Wildman–Crippen MR) is 71.6 cm³/mol. The van der Waals surface area contributed by atoms with Crippen molar-refractivity contribution in [3.8, 4) is 0 Å². The molecule has 90 valence electrons. The second-order valence-electron chi connectivity index (χ2n) is 4.89. The zero-order chi connectivity index (χ0) is 12.1. The fourth-order valence-electron chi connectivity index (χ4n) is 1.64. The molecule has 0 saturated heterocycles. The Morgan fingerprint density at radius 1 is 1.12 bits per heavy atom. The van der Waals surface area contributed by atoms with Crippen molar-refractivity contribution in [3.63, 3.8) is 0 Å². The van der Waals surface area contributed by atoms with E-state index in [4.69, 9.17) is 0 Å². The van der Waals surface area contributed by atoms with E-state index in [-0.39, 0.29) is 0 Å². The molecule has 3 nitrogen and oxygen atoms in total. The first-order chi connectivity index (χ1) is 7.49. The van der Waals surface area contributed by atoms with Gasteiger partial charge in [0.1, 0.15) is 16.7 Å². The summed E-state index contributed by atoms with van der Waals surface area (Å²) in [6, 6.07) is 1.98. The number of aromatic nitrogens is 2. The molecule has 4 heteroatoms. The normalized spacial score (nSPS) is 11.2. The van der Waals surface area contributed by atoms with Crippen LogP contribution in [0.5, 0.6) is 0 Å². The Morgan fingerprint density at radius 3 is 2.12 bits per heavy atom. The van der Waals surface area contributed by atoms with Crippen molar-refractivity contribution in [2.24, 2.45) is 11.8 Å². The topological polar surface area (TPSA) is 29.0 Å². The van der Waals surface area contributed by atoms with E-state index in [1.165, 1.54) is 0 Å². The summed E-state index contributed by atoms with van der Waals surface area (Å²) in [6.45, 7) is 11.0. The first-order valence-electron chi connectivity index (χ1n) is 5.71. The summed E-state index contributed by atoms with van der Waals surface area (Å²) in [7, 11) is 0. The first kappa shape index (κ1) is 13.4. The maximum atomic E-state index is 4.33. The van der Waals surface area contributed by atoms with Crippen LogP contribution in [0.4, 0.5) is 5.82 Å². The summed E-state index contributed by atoms with van der Waals surface area (Å²) >= 11 is 3.39. The van der Waals surface area contributed by atoms with Crippen LogP contribution in [0.2, 0.25) is 0 Å². The average Bonchev–Trinajstić information content (AvgIpc) is 2.15. The van der Waals surface area contributed by atoms with Gasteiger partial charge in [-0.3, -0.25) is 0 Å². The molecule has 0 aliphatic carbocycles. The lowest BCUT2D eigenvalue weighted by atomic mass is 10.1. The highest BCUT2D eigenvalue weighted by Crippen LogP contribution is 2.17. The zero-order valence-corrected chi connectivity index (χ0v) is 12.0. The average molecular weight is 286 g/mol. The van der Waals surface area contributed by atoms with Gasteiger partial charge in [0.25, 0.3) is 0 Å². The molecule has 1 heterocycles. The summed E-state index contributed by atoms with van der Waals surface area (Å²) in [4.78, 5) is 10.7. The smallest absolute Gasteiger partial charge is 0.133 e. The maximum Gasteiger partial charge on any atom is 0.133 e. The molecule has 0 spiro atoms. The number of hydrogen-bond donors (Lipinski definition) is 0. The molecule has 0 radical (unpaired) electrons. The Balaban J connectivity index is 2.82. The third-order valence-corrected chi connectivity index (χ3v) is 2.55. The predicted octanol–water partition coefficient (Wildman–Crippen LogP) is 3.36. The van der Waals surface area contributed by atoms with Gasteiger partial charge in [0.2, 0.25) is 0 Å². The molecule has 1 aromatic heterocycles. The standard InChI is InChI=1S/C12H20BrN3/c1-9(2)6-16(7-10(3)4)12-5-11(13)14-8-15-12/h5,8-10H,6-7H2,1-4H3. The summed E-state index contributed by atoms with van der Waals surface area (Å²) < 4.78 is 0.843. The molecule has 1 rings (SSSR count). The van der Waals surface area contributed by atoms with E-state index in [0.29, 0.717) is 11.8 Å². The quantitative estimate of drug-likeness (QED) is 0.777. The van der Waals surface area contributed by atoms with E-state index in [9.17, 15) is 0 Å². The molecule has 0 fully saturated rings. The minimum Gasteiger partial charge on any atom is -0.356 e. The highest BCUT2D eigenvalue weighted by Gasteiger charge is 2.12. The minimum absolute atomic E-state index is 0.632. The summed E-state index contributed by atoms with van der Waals surface area (Å²) in [5.74, 6) is 2.27. The lowest BCUT2D eigenvalue weighted by molar-refractivity contribution is 0.548. The number of anilines is 1. The molecule has 0 amide bonds. The first-order valence-corrected chi connectivity index (χ1v) is 6.50. The van der Waals surface area contributed by atoms with Gasteiger partial charge in [0, 0.05) is 19.2 Å². The monoisotopic (exact) mass is 285 g/mol. The molecule has 0 aromatic carbocycles. The van der Waals surface area contributed by atoms with Crippen LogP contribution in [0.25, 0.3) is 0 Å². The Bertz CT molecular complexity index is 316. The van der Waals surface area contributed by atoms with Crippen molar-refractivity contribution in [1.82, 2.24) is 9.97 Å². The maximum absolute atomic E-state index is 4.33. The van der Waals surface area contributed by atoms with E-state index in [1.54, 1.807) is 6.33 Å². The third-order valence-electron chi connectivity index (χ3n) is 2.11. The number of hydrogen-bond acceptors (Lipinski definition) is 3. The van der Waals surface area contributed by atoms with Crippen LogP contribution < -0.4 is 4.90 Å². The highest BCUT2D eigenvalue weighted by molar-refractivity contribution is 9.10. The van der Waals surface area contributed by atoms with Crippen molar-refractivity contribution in [2.45, 2.75) is 27.7 Å². The molecule has 0 aliphatic heterocycles. The van der Waals surface area contributed by atoms with Crippen molar-refractivity contribution >= 4 is 21.7 Å². The molecule has 0 N–H and O–H groups in total. The van der Waals surface area contributed by atoms with Crippen LogP contribution in [0.1, 0.15) is 27.7 Å². The van der Waals surface area contributed by atoms with Crippen molar-refractivity contribution in [3.05, 3.63) is 17.0 Å². The van der Waals surface area contributed by atoms with Gasteiger partial charge in [0.15, 0.2) is 0 Å². The minimum atomic E-state index is 0.632. The molecular weight excluding hydrogens is 266 g/mol. The zero-order valence-electron chi connectivity index (χ0n) is 10.4. The van der Waals surface area contributed by atoms with Gasteiger partial charge in [-0.05, 0) is 27.8 Å². The Labute approximate surface area is 106 Å². The van der Waals surface area contributed by atoms with Crippen molar-refractivity contribution in [2.75, 3.05) is 18.0 Å². The molecular formula is C12H20BrN3. The van der Waals surface area contributed by atoms with Gasteiger partial charge in [-0.15, -0.1) is 0 Å². The molecule has 0 aliphatic rings. The molecule has 0 unspecified atom stereocenters. The van der Waals surface area contributed by atoms with Crippen LogP contribution in [-0.2, 0) is 0 Å². The van der Waals surface area contributed by atoms with E-state index >= 15 is 0 Å². The molecule has 0 saturated carbocycles. The highest BCUT2D eigenvalue weighted by atomic mass is 79.9. The molecule has 0 bridgehead atoms. The van der Waals surface area contributed by atoms with Gasteiger partial charge in [-0.1, -0.05) is 27.7 Å². The van der Waals surface area contributed by atoms with Crippen molar-refractivity contribution in [1.29, 1.82) is 0 Å². The second kappa shape index (κ2) is 6.18. The van der Waals surface area contributed by atoms with Gasteiger partial charge in [-0.25, -0.2) is 9.97 Å². The van der Waals surface area contributed by atoms with Crippen LogP contribution in [0.15, 0.2) is 17.0 Å². The van der Waals surface area contributed by atoms with Crippen LogP contribution >= 0.6 is 15.9 Å². The summed E-state index contributed by atoms with van der Waals surface area (Å²) in [5.41, 5.74) is 0. The Morgan fingerprint density at radius 2 is 1.69 bits per heavy atom. The van der Waals surface area contributed by atoms with Gasteiger partial charge in [0.05, 0.1) is 0 Å². The van der Waals surface area contributed by atoms with Crippen LogP contribution in [0.3, 0.4) is 0 Å². The molecule has 16 heavy (non-hydrogen) atoms. The number of halogens is 1. The van der Waals surface area contributed by atoms with E-state index < -0.39 is 0 Å². The lowest BCUT2D eigenvalue weighted by Crippen LogP contribution is -2.32. The summed E-state index contributed by atoms with van der Waals surface area (Å²) in [5, 5.41) is 0. The van der Waals surface area contributed by atoms with E-state index in [2.05, 4.69) is 58.5 Å². The number of rotatable bonds is 5. The van der Waals surface area contributed by atoms with Gasteiger partial charge in [-0.2, -0.15) is 0 Å². The van der Waals surface area contributed by atoms with Crippen molar-refractivity contribution < 1.29 is 0 Å². The van der Waals surface area contributed by atoms with Crippen LogP contribution in [0, 0.1) is 11.8 Å². The fraction of sp³-hybridized carbons (Fsp3) is 0.667. The SMILES string of the molecule is CC(C)CN(CC(C)C)c1cc(Br)ncn1. The van der Waals surface area contributed by atoms with Gasteiger partial charge >= 0.3 is 0 Å². The lowest BCUT2D eigenvalue weighted by Gasteiger charge is -2.27. The van der Waals surface area contributed by atoms with Gasteiger partial charge < -0.3 is 4.90 Å². The number of nitrogens with zero attached hydrogens (tertiary/aromatic N) is 3. The Kier molecular flexibility index (Phi) is 5.19. The second-order valence-corrected chi connectivity index (χ2v) is 5.70. The molecule has 1 aromatic rings. The summed E-state index contributed by atoms with van der Waals surface area (Å²) in [6.07, 6.45) is 1.60. The molecule has 0 atom stereocenters. The fourth-order valence-corrected chi connectivity index (χ4v) is 1.94. The van der Waals surface area contributed by atoms with E-state index in [1.807, 2.05) is 6.07 Å². The van der Waals surface area contributed by atoms with E-state index in [0.717, 1.165) is 23.5 Å².